The number of nitro benzene ring substituents is 1. The smallest absolute Gasteiger partial charge is 0.272 e. The van der Waals surface area contributed by atoms with Crippen LogP contribution in [0, 0.1) is 10.1 Å². The van der Waals surface area contributed by atoms with E-state index in [9.17, 15) is 10.1 Å². The van der Waals surface area contributed by atoms with Crippen molar-refractivity contribution in [3.8, 4) is 0 Å². The molecule has 1 aromatic heterocycles. The minimum atomic E-state index is -0.329. The van der Waals surface area contributed by atoms with E-state index < -0.39 is 0 Å². The van der Waals surface area contributed by atoms with E-state index in [2.05, 4.69) is 4.98 Å². The Kier molecular flexibility index (Phi) is 3.72. The Balaban J connectivity index is 2.13. The van der Waals surface area contributed by atoms with E-state index in [4.69, 9.17) is 0 Å². The molecule has 0 unspecified atom stereocenters. The number of hydrogen-bond acceptors (Lipinski definition) is 3. The van der Waals surface area contributed by atoms with Crippen molar-refractivity contribution in [3.63, 3.8) is 0 Å². The monoisotopic (exact) mass is 245 g/mol. The highest BCUT2D eigenvalue weighted by atomic mass is 16.6. The van der Waals surface area contributed by atoms with Gasteiger partial charge in [-0.05, 0) is 6.42 Å². The van der Waals surface area contributed by atoms with Crippen LogP contribution in [0.4, 0.5) is 5.69 Å². The fraction of sp³-hybridized carbons (Fsp3) is 0.308. The summed E-state index contributed by atoms with van der Waals surface area (Å²) < 4.78 is 2.04. The standard InChI is InChI=1S/C13H15N3O2/c1-2-13-14-8-10-15(13)9-7-11-5-3-4-6-12(11)16(17)18/h3-6,8,10H,2,7,9H2,1H3. The Morgan fingerprint density at radius 2 is 2.17 bits per heavy atom. The van der Waals surface area contributed by atoms with E-state index in [1.54, 1.807) is 24.4 Å². The number of nitrogens with zero attached hydrogens (tertiary/aromatic N) is 3. The highest BCUT2D eigenvalue weighted by Crippen LogP contribution is 2.18. The molecular weight excluding hydrogens is 230 g/mol. The van der Waals surface area contributed by atoms with Crippen molar-refractivity contribution in [1.29, 1.82) is 0 Å². The van der Waals surface area contributed by atoms with Gasteiger partial charge in [0.05, 0.1) is 4.92 Å². The van der Waals surface area contributed by atoms with E-state index in [0.29, 0.717) is 13.0 Å². The zero-order valence-corrected chi connectivity index (χ0v) is 10.2. The average Bonchev–Trinajstić information content (AvgIpc) is 2.84. The fourth-order valence-electron chi connectivity index (χ4n) is 2.00. The first-order chi connectivity index (χ1) is 8.72. The first-order valence-corrected chi connectivity index (χ1v) is 5.94. The molecular formula is C13H15N3O2. The zero-order valence-electron chi connectivity index (χ0n) is 10.2. The number of hydrogen-bond donors (Lipinski definition) is 0. The Bertz CT molecular complexity index is 549. The summed E-state index contributed by atoms with van der Waals surface area (Å²) in [6.07, 6.45) is 5.18. The number of benzene rings is 1. The Morgan fingerprint density at radius 1 is 1.39 bits per heavy atom. The number of nitro groups is 1. The van der Waals surface area contributed by atoms with Gasteiger partial charge in [-0.2, -0.15) is 0 Å². The van der Waals surface area contributed by atoms with Crippen LogP contribution in [0.15, 0.2) is 36.7 Å². The lowest BCUT2D eigenvalue weighted by Gasteiger charge is -2.06. The molecule has 18 heavy (non-hydrogen) atoms. The number of aryl methyl sites for hydroxylation is 3. The van der Waals surface area contributed by atoms with Gasteiger partial charge in [0.2, 0.25) is 0 Å². The van der Waals surface area contributed by atoms with Crippen molar-refractivity contribution in [2.24, 2.45) is 0 Å². The second-order valence-corrected chi connectivity index (χ2v) is 4.03. The van der Waals surface area contributed by atoms with E-state index in [1.165, 1.54) is 0 Å². The topological polar surface area (TPSA) is 61.0 Å². The maximum Gasteiger partial charge on any atom is 0.272 e. The van der Waals surface area contributed by atoms with Gasteiger partial charge < -0.3 is 4.57 Å². The lowest BCUT2D eigenvalue weighted by Crippen LogP contribution is -2.06. The minimum Gasteiger partial charge on any atom is -0.335 e. The third kappa shape index (κ3) is 2.56. The van der Waals surface area contributed by atoms with Gasteiger partial charge in [0, 0.05) is 37.0 Å². The molecule has 0 fully saturated rings. The molecule has 2 aromatic rings. The van der Waals surface area contributed by atoms with Gasteiger partial charge in [-0.3, -0.25) is 10.1 Å². The van der Waals surface area contributed by atoms with Gasteiger partial charge in [-0.1, -0.05) is 25.1 Å². The van der Waals surface area contributed by atoms with Crippen LogP contribution in [0.25, 0.3) is 0 Å². The lowest BCUT2D eigenvalue weighted by molar-refractivity contribution is -0.385. The number of rotatable bonds is 5. The van der Waals surface area contributed by atoms with Crippen LogP contribution < -0.4 is 0 Å². The molecule has 0 aliphatic heterocycles. The highest BCUT2D eigenvalue weighted by Gasteiger charge is 2.12. The number of imidazole rings is 1. The molecule has 0 bridgehead atoms. The largest absolute Gasteiger partial charge is 0.335 e. The Hall–Kier alpha value is -2.17. The number of aromatic nitrogens is 2. The van der Waals surface area contributed by atoms with Crippen LogP contribution in [0.1, 0.15) is 18.3 Å². The van der Waals surface area contributed by atoms with Crippen molar-refractivity contribution >= 4 is 5.69 Å². The van der Waals surface area contributed by atoms with Crippen molar-refractivity contribution in [3.05, 3.63) is 58.2 Å². The molecule has 94 valence electrons. The van der Waals surface area contributed by atoms with Crippen LogP contribution in [-0.4, -0.2) is 14.5 Å². The van der Waals surface area contributed by atoms with Crippen molar-refractivity contribution in [2.45, 2.75) is 26.3 Å². The molecule has 1 heterocycles. The third-order valence-electron chi connectivity index (χ3n) is 2.93. The summed E-state index contributed by atoms with van der Waals surface area (Å²) in [6, 6.07) is 6.87. The Morgan fingerprint density at radius 3 is 2.89 bits per heavy atom. The molecule has 0 aliphatic carbocycles. The molecule has 0 spiro atoms. The van der Waals surface area contributed by atoms with Crippen LogP contribution in [0.5, 0.6) is 0 Å². The maximum absolute atomic E-state index is 10.9. The summed E-state index contributed by atoms with van der Waals surface area (Å²) in [5.74, 6) is 1.01. The van der Waals surface area contributed by atoms with Crippen LogP contribution in [-0.2, 0) is 19.4 Å². The van der Waals surface area contributed by atoms with E-state index >= 15 is 0 Å². The summed E-state index contributed by atoms with van der Waals surface area (Å²) in [6.45, 7) is 2.76. The predicted octanol–water partition coefficient (Wildman–Crippen LogP) is 2.60. The van der Waals surface area contributed by atoms with Gasteiger partial charge >= 0.3 is 0 Å². The molecule has 0 saturated carbocycles. The molecule has 5 nitrogen and oxygen atoms in total. The Labute approximate surface area is 105 Å². The molecule has 0 amide bonds. The minimum absolute atomic E-state index is 0.190. The average molecular weight is 245 g/mol. The van der Waals surface area contributed by atoms with Crippen LogP contribution in [0.3, 0.4) is 0 Å². The van der Waals surface area contributed by atoms with E-state index in [0.717, 1.165) is 17.8 Å². The predicted molar refractivity (Wildman–Crippen MR) is 68.4 cm³/mol. The quantitative estimate of drug-likeness (QED) is 0.601. The van der Waals surface area contributed by atoms with Crippen LogP contribution >= 0.6 is 0 Å². The third-order valence-corrected chi connectivity index (χ3v) is 2.93. The van der Waals surface area contributed by atoms with E-state index in [1.807, 2.05) is 23.8 Å². The highest BCUT2D eigenvalue weighted by molar-refractivity contribution is 5.39. The molecule has 0 N–H and O–H groups in total. The fourth-order valence-corrected chi connectivity index (χ4v) is 2.00. The molecule has 0 radical (unpaired) electrons. The summed E-state index contributed by atoms with van der Waals surface area (Å²) in [4.78, 5) is 14.8. The second-order valence-electron chi connectivity index (χ2n) is 4.03. The van der Waals surface area contributed by atoms with Gasteiger partial charge in [0.1, 0.15) is 5.82 Å². The van der Waals surface area contributed by atoms with Gasteiger partial charge in [0.25, 0.3) is 5.69 Å². The molecule has 0 aliphatic rings. The van der Waals surface area contributed by atoms with Crippen molar-refractivity contribution < 1.29 is 4.92 Å². The van der Waals surface area contributed by atoms with Gasteiger partial charge in [-0.15, -0.1) is 0 Å². The molecule has 5 heteroatoms. The molecule has 0 saturated heterocycles. The summed E-state index contributed by atoms with van der Waals surface area (Å²) in [5, 5.41) is 10.9. The van der Waals surface area contributed by atoms with Gasteiger partial charge in [-0.25, -0.2) is 4.98 Å². The molecule has 2 rings (SSSR count). The SMILES string of the molecule is CCc1nccn1CCc1ccccc1[N+](=O)[O-]. The van der Waals surface area contributed by atoms with Crippen LogP contribution in [0.2, 0.25) is 0 Å². The lowest BCUT2D eigenvalue weighted by atomic mass is 10.1. The maximum atomic E-state index is 10.9. The first-order valence-electron chi connectivity index (χ1n) is 5.94. The van der Waals surface area contributed by atoms with Gasteiger partial charge in [0.15, 0.2) is 0 Å². The molecule has 1 aromatic carbocycles. The first kappa shape index (κ1) is 12.3. The van der Waals surface area contributed by atoms with Crippen molar-refractivity contribution in [1.82, 2.24) is 9.55 Å². The van der Waals surface area contributed by atoms with Crippen molar-refractivity contribution in [2.75, 3.05) is 0 Å². The number of para-hydroxylation sites is 1. The summed E-state index contributed by atoms with van der Waals surface area (Å²) >= 11 is 0. The zero-order chi connectivity index (χ0) is 13.0. The second kappa shape index (κ2) is 5.44. The summed E-state index contributed by atoms with van der Waals surface area (Å²) in [5.41, 5.74) is 0.953. The van der Waals surface area contributed by atoms with E-state index in [-0.39, 0.29) is 10.6 Å². The normalized spacial score (nSPS) is 10.5. The molecule has 0 atom stereocenters. The summed E-state index contributed by atoms with van der Waals surface area (Å²) in [7, 11) is 0.